The van der Waals surface area contributed by atoms with Gasteiger partial charge in [-0.2, -0.15) is 10.1 Å². The fraction of sp³-hybridized carbons (Fsp3) is 0.667. The summed E-state index contributed by atoms with van der Waals surface area (Å²) in [5.74, 6) is 0.534. The Morgan fingerprint density at radius 1 is 1.09 bits per heavy atom. The fourth-order valence-electron chi connectivity index (χ4n) is 3.05. The molecule has 4 heterocycles. The average Bonchev–Trinajstić information content (AvgIpc) is 2.95. The van der Waals surface area contributed by atoms with Crippen LogP contribution in [0.3, 0.4) is 0 Å². The van der Waals surface area contributed by atoms with Crippen molar-refractivity contribution < 1.29 is 14.2 Å². The van der Waals surface area contributed by atoms with Crippen LogP contribution >= 0.6 is 22.6 Å². The third kappa shape index (κ3) is 3.16. The van der Waals surface area contributed by atoms with Crippen LogP contribution in [0.15, 0.2) is 6.33 Å². The summed E-state index contributed by atoms with van der Waals surface area (Å²) in [6, 6.07) is 0. The molecule has 2 atom stereocenters. The van der Waals surface area contributed by atoms with E-state index in [2.05, 4.69) is 37.7 Å². The number of rotatable bonds is 3. The summed E-state index contributed by atoms with van der Waals surface area (Å²) in [4.78, 5) is 8.71. The molecule has 0 bridgehead atoms. The molecule has 2 aromatic rings. The first-order valence-electron chi connectivity index (χ1n) is 8.11. The molecule has 2 aliphatic heterocycles. The van der Waals surface area contributed by atoms with Gasteiger partial charge in [-0.3, -0.25) is 0 Å². The van der Waals surface area contributed by atoms with Gasteiger partial charge in [-0.1, -0.05) is 0 Å². The maximum Gasteiger partial charge on any atom is 0.245 e. The monoisotopic (exact) mass is 430 g/mol. The predicted octanol–water partition coefficient (Wildman–Crippen LogP) is 3.04. The van der Waals surface area contributed by atoms with E-state index in [0.29, 0.717) is 5.88 Å². The molecule has 0 radical (unpaired) electrons. The van der Waals surface area contributed by atoms with E-state index in [1.807, 2.05) is 4.68 Å². The smallest absolute Gasteiger partial charge is 0.245 e. The topological polar surface area (TPSA) is 71.3 Å². The first-order valence-corrected chi connectivity index (χ1v) is 9.19. The summed E-state index contributed by atoms with van der Waals surface area (Å²) in [7, 11) is 0. The number of fused-ring (bicyclic) bond motifs is 1. The largest absolute Gasteiger partial charge is 0.446 e. The van der Waals surface area contributed by atoms with Crippen molar-refractivity contribution in [3.05, 3.63) is 10.0 Å². The number of hydrogen-bond donors (Lipinski definition) is 0. The number of hydrogen-bond acceptors (Lipinski definition) is 6. The highest BCUT2D eigenvalue weighted by molar-refractivity contribution is 14.1. The minimum Gasteiger partial charge on any atom is -0.446 e. The lowest BCUT2D eigenvalue weighted by Crippen LogP contribution is -2.26. The van der Waals surface area contributed by atoms with E-state index in [1.165, 1.54) is 6.33 Å². The lowest BCUT2D eigenvalue weighted by Gasteiger charge is -2.25. The number of halogens is 1. The van der Waals surface area contributed by atoms with Gasteiger partial charge < -0.3 is 14.2 Å². The molecular weight excluding hydrogens is 411 g/mol. The Balaban J connectivity index is 1.71. The molecule has 8 heteroatoms. The number of aromatic nitrogens is 4. The molecule has 4 rings (SSSR count). The van der Waals surface area contributed by atoms with Crippen molar-refractivity contribution in [2.75, 3.05) is 13.2 Å². The van der Waals surface area contributed by atoms with E-state index in [1.54, 1.807) is 0 Å². The molecule has 0 spiro atoms. The third-order valence-electron chi connectivity index (χ3n) is 4.22. The summed E-state index contributed by atoms with van der Waals surface area (Å²) in [6.07, 6.45) is 7.48. The van der Waals surface area contributed by atoms with E-state index in [9.17, 15) is 0 Å². The van der Waals surface area contributed by atoms with E-state index in [4.69, 9.17) is 14.2 Å². The molecule has 0 aliphatic carbocycles. The Morgan fingerprint density at radius 3 is 2.65 bits per heavy atom. The maximum absolute atomic E-state index is 6.02. The van der Waals surface area contributed by atoms with E-state index in [-0.39, 0.29) is 12.5 Å². The minimum atomic E-state index is -0.241. The van der Waals surface area contributed by atoms with Gasteiger partial charge in [-0.15, -0.1) is 0 Å². The van der Waals surface area contributed by atoms with Crippen molar-refractivity contribution >= 4 is 33.6 Å². The molecule has 124 valence electrons. The van der Waals surface area contributed by atoms with E-state index >= 15 is 0 Å². The average molecular weight is 430 g/mol. The highest BCUT2D eigenvalue weighted by Gasteiger charge is 2.26. The molecule has 0 saturated carbocycles. The second-order valence-corrected chi connectivity index (χ2v) is 6.87. The maximum atomic E-state index is 6.02. The molecule has 0 amide bonds. The summed E-state index contributed by atoms with van der Waals surface area (Å²) in [6.45, 7) is 1.50. The van der Waals surface area contributed by atoms with Crippen LogP contribution in [0.25, 0.3) is 11.0 Å². The van der Waals surface area contributed by atoms with Crippen LogP contribution in [-0.4, -0.2) is 39.3 Å². The fourth-order valence-corrected chi connectivity index (χ4v) is 3.68. The Hall–Kier alpha value is -1.00. The first-order chi connectivity index (χ1) is 11.3. The minimum absolute atomic E-state index is 0.0737. The molecule has 0 aromatic carbocycles. The number of ether oxygens (including phenoxy) is 3. The zero-order chi connectivity index (χ0) is 15.6. The second-order valence-electron chi connectivity index (χ2n) is 5.85. The molecule has 0 N–H and O–H groups in total. The summed E-state index contributed by atoms with van der Waals surface area (Å²) in [5, 5.41) is 4.62. The quantitative estimate of drug-likeness (QED) is 0.698. The lowest BCUT2D eigenvalue weighted by molar-refractivity contribution is -0.107. The van der Waals surface area contributed by atoms with Crippen molar-refractivity contribution in [1.82, 2.24) is 19.7 Å². The molecule has 7 nitrogen and oxygen atoms in total. The Bertz CT molecular complexity index is 681. The van der Waals surface area contributed by atoms with Crippen LogP contribution in [0.4, 0.5) is 0 Å². The highest BCUT2D eigenvalue weighted by atomic mass is 127. The van der Waals surface area contributed by atoms with Gasteiger partial charge in [0.2, 0.25) is 12.2 Å². The Kier molecular flexibility index (Phi) is 4.63. The van der Waals surface area contributed by atoms with Gasteiger partial charge in [0.1, 0.15) is 15.5 Å². The SMILES string of the molecule is Ic1nn(C2CCCCO2)c2c(OC3CCCCO3)ncnc12. The van der Waals surface area contributed by atoms with Crippen LogP contribution in [0.5, 0.6) is 5.88 Å². The first kappa shape index (κ1) is 15.5. The van der Waals surface area contributed by atoms with Crippen molar-refractivity contribution in [1.29, 1.82) is 0 Å². The van der Waals surface area contributed by atoms with Gasteiger partial charge in [-0.05, 0) is 54.7 Å². The van der Waals surface area contributed by atoms with Crippen molar-refractivity contribution in [2.45, 2.75) is 51.0 Å². The molecule has 2 aliphatic rings. The normalized spacial score (nSPS) is 25.6. The summed E-state index contributed by atoms with van der Waals surface area (Å²) in [5.41, 5.74) is 1.61. The Labute approximate surface area is 147 Å². The van der Waals surface area contributed by atoms with Gasteiger partial charge in [-0.25, -0.2) is 9.67 Å². The molecule has 2 fully saturated rings. The van der Waals surface area contributed by atoms with Gasteiger partial charge in [0.05, 0.1) is 6.61 Å². The van der Waals surface area contributed by atoms with Gasteiger partial charge >= 0.3 is 0 Å². The summed E-state index contributed by atoms with van der Waals surface area (Å²) < 4.78 is 20.3. The molecule has 2 aromatic heterocycles. The van der Waals surface area contributed by atoms with Crippen LogP contribution in [-0.2, 0) is 9.47 Å². The summed E-state index contributed by atoms with van der Waals surface area (Å²) >= 11 is 2.20. The van der Waals surface area contributed by atoms with Crippen LogP contribution in [0, 0.1) is 3.70 Å². The van der Waals surface area contributed by atoms with Crippen molar-refractivity contribution in [3.63, 3.8) is 0 Å². The standard InChI is InChI=1S/C15H19IN4O3/c16-14-12-13(20(19-14)10-5-1-3-7-21-10)15(18-9-17-12)23-11-6-2-4-8-22-11/h9-11H,1-8H2. The highest BCUT2D eigenvalue weighted by Crippen LogP contribution is 2.32. The predicted molar refractivity (Wildman–Crippen MR) is 91.1 cm³/mol. The van der Waals surface area contributed by atoms with Crippen LogP contribution in [0.1, 0.15) is 44.8 Å². The van der Waals surface area contributed by atoms with E-state index < -0.39 is 0 Å². The van der Waals surface area contributed by atoms with Crippen molar-refractivity contribution in [3.8, 4) is 5.88 Å². The van der Waals surface area contributed by atoms with Crippen LogP contribution in [0.2, 0.25) is 0 Å². The van der Waals surface area contributed by atoms with Crippen LogP contribution < -0.4 is 4.74 Å². The second kappa shape index (κ2) is 6.86. The van der Waals surface area contributed by atoms with Gasteiger partial charge in [0.15, 0.2) is 11.7 Å². The molecular formula is C15H19IN4O3. The lowest BCUT2D eigenvalue weighted by atomic mass is 10.2. The zero-order valence-corrected chi connectivity index (χ0v) is 14.9. The third-order valence-corrected chi connectivity index (χ3v) is 4.94. The molecule has 2 saturated heterocycles. The van der Waals surface area contributed by atoms with Gasteiger partial charge in [0, 0.05) is 13.0 Å². The van der Waals surface area contributed by atoms with Crippen molar-refractivity contribution in [2.24, 2.45) is 0 Å². The molecule has 2 unspecified atom stereocenters. The van der Waals surface area contributed by atoms with Gasteiger partial charge in [0.25, 0.3) is 0 Å². The molecule has 23 heavy (non-hydrogen) atoms. The zero-order valence-electron chi connectivity index (χ0n) is 12.8. The van der Waals surface area contributed by atoms with E-state index in [0.717, 1.165) is 66.5 Å². The Morgan fingerprint density at radius 2 is 1.91 bits per heavy atom. The number of nitrogens with zero attached hydrogens (tertiary/aromatic N) is 4.